The van der Waals surface area contributed by atoms with E-state index in [9.17, 15) is 14.4 Å². The molecule has 0 fully saturated rings. The smallest absolute Gasteiger partial charge is 0.257 e. The molecule has 0 bridgehead atoms. The molecule has 0 radical (unpaired) electrons. The number of hydrogen-bond donors (Lipinski definition) is 1. The van der Waals surface area contributed by atoms with E-state index in [1.54, 1.807) is 9.47 Å². The van der Waals surface area contributed by atoms with Crippen LogP contribution >= 0.6 is 0 Å². The maximum absolute atomic E-state index is 13.3. The Labute approximate surface area is 198 Å². The summed E-state index contributed by atoms with van der Waals surface area (Å²) in [6, 6.07) is 6.84. The molecular weight excluding hydrogens is 438 g/mol. The van der Waals surface area contributed by atoms with E-state index in [4.69, 9.17) is 14.2 Å². The molecule has 2 aliphatic heterocycles. The maximum atomic E-state index is 13.3. The van der Waals surface area contributed by atoms with Gasteiger partial charge in [0.15, 0.2) is 11.5 Å². The first-order chi connectivity index (χ1) is 16.4. The summed E-state index contributed by atoms with van der Waals surface area (Å²) in [6.45, 7) is 5.81. The van der Waals surface area contributed by atoms with Gasteiger partial charge in [-0.15, -0.1) is 0 Å². The molecule has 2 aliphatic rings. The normalized spacial score (nSPS) is 15.3. The van der Waals surface area contributed by atoms with Crippen LogP contribution in [0, 0.1) is 5.92 Å². The largest absolute Gasteiger partial charge is 0.496 e. The minimum Gasteiger partial charge on any atom is -0.496 e. The number of pyridine rings is 1. The summed E-state index contributed by atoms with van der Waals surface area (Å²) in [7, 11) is 1.44. The minimum absolute atomic E-state index is 0.0796. The van der Waals surface area contributed by atoms with E-state index in [2.05, 4.69) is 19.2 Å². The molecule has 3 heterocycles. The number of fused-ring (bicyclic) bond motifs is 2. The number of nitrogens with one attached hydrogen (secondary N) is 1. The molecule has 1 aromatic carbocycles. The van der Waals surface area contributed by atoms with E-state index in [1.807, 2.05) is 18.2 Å². The zero-order chi connectivity index (χ0) is 24.2. The van der Waals surface area contributed by atoms with Crippen LogP contribution in [0.5, 0.6) is 17.2 Å². The molecule has 1 aromatic heterocycles. The second-order valence-corrected chi connectivity index (χ2v) is 8.74. The fourth-order valence-electron chi connectivity index (χ4n) is 4.30. The van der Waals surface area contributed by atoms with Crippen LogP contribution in [0.15, 0.2) is 29.1 Å². The van der Waals surface area contributed by atoms with Gasteiger partial charge in [-0.1, -0.05) is 26.3 Å². The summed E-state index contributed by atoms with van der Waals surface area (Å²) in [5.74, 6) is 1.61. The number of benzene rings is 1. The molecule has 0 saturated heterocycles. The van der Waals surface area contributed by atoms with E-state index in [-0.39, 0.29) is 36.5 Å². The standard InChI is InChI=1S/C25H31N3O6/c1-4-16(2)11-22(29)27-8-7-18-24(21(32-3)13-23(30)28(18)10-9-27)25(31)26-14-17-5-6-19-20(12-17)34-15-33-19/h5-6,12-13,16H,4,7-11,14-15H2,1-3H3,(H,26,31)/t16-/m1/s1. The predicted molar refractivity (Wildman–Crippen MR) is 125 cm³/mol. The van der Waals surface area contributed by atoms with E-state index in [0.29, 0.717) is 61.2 Å². The first-order valence-electron chi connectivity index (χ1n) is 11.7. The van der Waals surface area contributed by atoms with Crippen molar-refractivity contribution in [3.8, 4) is 17.2 Å². The molecule has 1 N–H and O–H groups in total. The van der Waals surface area contributed by atoms with Crippen LogP contribution in [0.2, 0.25) is 0 Å². The highest BCUT2D eigenvalue weighted by molar-refractivity contribution is 5.98. The third-order valence-corrected chi connectivity index (χ3v) is 6.50. The van der Waals surface area contributed by atoms with Crippen LogP contribution in [0.4, 0.5) is 0 Å². The van der Waals surface area contributed by atoms with Gasteiger partial charge < -0.3 is 29.0 Å². The first-order valence-corrected chi connectivity index (χ1v) is 11.7. The Bertz CT molecular complexity index is 1140. The maximum Gasteiger partial charge on any atom is 0.257 e. The van der Waals surface area contributed by atoms with Crippen molar-refractivity contribution in [1.82, 2.24) is 14.8 Å². The molecule has 182 valence electrons. The highest BCUT2D eigenvalue weighted by Gasteiger charge is 2.27. The average molecular weight is 470 g/mol. The molecule has 34 heavy (non-hydrogen) atoms. The van der Waals surface area contributed by atoms with Crippen molar-refractivity contribution >= 4 is 11.8 Å². The minimum atomic E-state index is -0.336. The topological polar surface area (TPSA) is 99.1 Å². The van der Waals surface area contributed by atoms with Gasteiger partial charge in [0.25, 0.3) is 11.5 Å². The molecule has 9 heteroatoms. The van der Waals surface area contributed by atoms with Crippen molar-refractivity contribution in [2.24, 2.45) is 5.92 Å². The Morgan fingerprint density at radius 2 is 1.94 bits per heavy atom. The molecule has 2 amide bonds. The molecule has 2 aromatic rings. The second-order valence-electron chi connectivity index (χ2n) is 8.74. The van der Waals surface area contributed by atoms with Gasteiger partial charge in [-0.25, -0.2) is 0 Å². The Morgan fingerprint density at radius 3 is 2.71 bits per heavy atom. The summed E-state index contributed by atoms with van der Waals surface area (Å²) in [5.41, 5.74) is 1.54. The number of amides is 2. The third kappa shape index (κ3) is 4.88. The molecule has 0 unspecified atom stereocenters. The second kappa shape index (κ2) is 10.2. The molecule has 0 aliphatic carbocycles. The van der Waals surface area contributed by atoms with E-state index in [1.165, 1.54) is 13.2 Å². The van der Waals surface area contributed by atoms with Gasteiger partial charge in [0.05, 0.1) is 7.11 Å². The van der Waals surface area contributed by atoms with Crippen molar-refractivity contribution in [1.29, 1.82) is 0 Å². The quantitative estimate of drug-likeness (QED) is 0.668. The van der Waals surface area contributed by atoms with Gasteiger partial charge in [-0.3, -0.25) is 14.4 Å². The van der Waals surface area contributed by atoms with Crippen molar-refractivity contribution in [3.63, 3.8) is 0 Å². The van der Waals surface area contributed by atoms with Crippen molar-refractivity contribution in [2.45, 2.75) is 46.2 Å². The van der Waals surface area contributed by atoms with Gasteiger partial charge in [0.2, 0.25) is 12.7 Å². The van der Waals surface area contributed by atoms with Gasteiger partial charge in [-0.05, 0) is 23.6 Å². The third-order valence-electron chi connectivity index (χ3n) is 6.50. The lowest BCUT2D eigenvalue weighted by molar-refractivity contribution is -0.132. The highest BCUT2D eigenvalue weighted by Crippen LogP contribution is 2.32. The first kappa shape index (κ1) is 23.7. The molecule has 0 saturated carbocycles. The monoisotopic (exact) mass is 469 g/mol. The van der Waals surface area contributed by atoms with Crippen molar-refractivity contribution < 1.29 is 23.8 Å². The Morgan fingerprint density at radius 1 is 1.15 bits per heavy atom. The van der Waals surface area contributed by atoms with E-state index >= 15 is 0 Å². The van der Waals surface area contributed by atoms with Crippen molar-refractivity contribution in [2.75, 3.05) is 27.0 Å². The van der Waals surface area contributed by atoms with Gasteiger partial charge in [0, 0.05) is 50.8 Å². The fraction of sp³-hybridized carbons (Fsp3) is 0.480. The number of rotatable bonds is 7. The highest BCUT2D eigenvalue weighted by atomic mass is 16.7. The Hall–Kier alpha value is -3.49. The zero-order valence-electron chi connectivity index (χ0n) is 19.9. The molecule has 9 nitrogen and oxygen atoms in total. The van der Waals surface area contributed by atoms with Crippen LogP contribution in [-0.2, 0) is 24.3 Å². The summed E-state index contributed by atoms with van der Waals surface area (Å²) in [5, 5.41) is 2.93. The van der Waals surface area contributed by atoms with Crippen molar-refractivity contribution in [3.05, 3.63) is 51.4 Å². The molecule has 4 rings (SSSR count). The lowest BCUT2D eigenvalue weighted by Crippen LogP contribution is -2.35. The summed E-state index contributed by atoms with van der Waals surface area (Å²) < 4.78 is 17.7. The number of carbonyl (C=O) groups excluding carboxylic acids is 2. The predicted octanol–water partition coefficient (Wildman–Crippen LogP) is 2.34. The molecule has 0 spiro atoms. The van der Waals surface area contributed by atoms with Crippen LogP contribution < -0.4 is 25.1 Å². The number of methoxy groups -OCH3 is 1. The molecular formula is C25H31N3O6. The lowest BCUT2D eigenvalue weighted by atomic mass is 10.0. The lowest BCUT2D eigenvalue weighted by Gasteiger charge is -2.21. The number of ether oxygens (including phenoxy) is 3. The zero-order valence-corrected chi connectivity index (χ0v) is 19.9. The van der Waals surface area contributed by atoms with Crippen LogP contribution in [0.3, 0.4) is 0 Å². The van der Waals surface area contributed by atoms with Crippen LogP contribution in [-0.4, -0.2) is 48.3 Å². The van der Waals surface area contributed by atoms with Gasteiger partial charge in [0.1, 0.15) is 11.3 Å². The average Bonchev–Trinajstić information content (AvgIpc) is 3.19. The summed E-state index contributed by atoms with van der Waals surface area (Å²) >= 11 is 0. The fourth-order valence-corrected chi connectivity index (χ4v) is 4.30. The molecule has 1 atom stereocenters. The number of hydrogen-bond acceptors (Lipinski definition) is 6. The number of carbonyl (C=O) groups is 2. The number of aromatic nitrogens is 1. The van der Waals surface area contributed by atoms with Gasteiger partial charge >= 0.3 is 0 Å². The Balaban J connectivity index is 1.55. The number of nitrogens with zero attached hydrogens (tertiary/aromatic N) is 2. The van der Waals surface area contributed by atoms with Gasteiger partial charge in [-0.2, -0.15) is 0 Å². The van der Waals surface area contributed by atoms with Crippen LogP contribution in [0.1, 0.15) is 48.3 Å². The van der Waals surface area contributed by atoms with E-state index in [0.717, 1.165) is 12.0 Å². The van der Waals surface area contributed by atoms with E-state index < -0.39 is 0 Å². The summed E-state index contributed by atoms with van der Waals surface area (Å²) in [4.78, 5) is 40.6. The SMILES string of the molecule is CC[C@@H](C)CC(=O)N1CCc2c(C(=O)NCc3ccc4c(c3)OCO4)c(OC)cc(=O)n2CC1. The Kier molecular flexibility index (Phi) is 7.09. The summed E-state index contributed by atoms with van der Waals surface area (Å²) in [6.07, 6.45) is 1.81. The van der Waals surface area contributed by atoms with Crippen LogP contribution in [0.25, 0.3) is 0 Å².